The molecule has 3 rings (SSSR count). The average molecular weight is 420 g/mol. The van der Waals surface area contributed by atoms with Crippen molar-refractivity contribution in [1.82, 2.24) is 9.97 Å². The number of carbonyl (C=O) groups excluding carboxylic acids is 2. The highest BCUT2D eigenvalue weighted by molar-refractivity contribution is 5.84. The van der Waals surface area contributed by atoms with E-state index in [-0.39, 0.29) is 6.61 Å². The Morgan fingerprint density at radius 2 is 1.71 bits per heavy atom. The summed E-state index contributed by atoms with van der Waals surface area (Å²) in [6.45, 7) is 1.54. The van der Waals surface area contributed by atoms with Gasteiger partial charge in [-0.25, -0.2) is 14.8 Å². The summed E-state index contributed by atoms with van der Waals surface area (Å²) in [4.78, 5) is 33.8. The fraction of sp³-hybridized carbons (Fsp3) is 0.217. The largest absolute Gasteiger partial charge is 0.444 e. The summed E-state index contributed by atoms with van der Waals surface area (Å²) in [6.07, 6.45) is 1.47. The van der Waals surface area contributed by atoms with Crippen molar-refractivity contribution in [2.75, 3.05) is 24.3 Å². The molecule has 1 amide bonds. The second-order valence-electron chi connectivity index (χ2n) is 7.02. The number of nitrogens with zero attached hydrogens (tertiary/aromatic N) is 3. The molecule has 8 heteroatoms. The number of hydrogen-bond acceptors (Lipinski definition) is 7. The van der Waals surface area contributed by atoms with Crippen LogP contribution >= 0.6 is 0 Å². The molecule has 0 aliphatic rings. The minimum absolute atomic E-state index is 0.208. The van der Waals surface area contributed by atoms with Gasteiger partial charge in [0.15, 0.2) is 11.6 Å². The number of esters is 1. The van der Waals surface area contributed by atoms with Gasteiger partial charge < -0.3 is 14.4 Å². The van der Waals surface area contributed by atoms with E-state index in [0.717, 1.165) is 11.1 Å². The van der Waals surface area contributed by atoms with Gasteiger partial charge in [-0.3, -0.25) is 10.1 Å². The molecule has 0 saturated heterocycles. The number of nitrogens with one attached hydrogen (secondary N) is 1. The zero-order chi connectivity index (χ0) is 22.2. The van der Waals surface area contributed by atoms with Crippen LogP contribution in [0, 0.1) is 0 Å². The van der Waals surface area contributed by atoms with E-state index in [4.69, 9.17) is 9.47 Å². The molecule has 0 unspecified atom stereocenters. The van der Waals surface area contributed by atoms with Gasteiger partial charge >= 0.3 is 12.1 Å². The van der Waals surface area contributed by atoms with Gasteiger partial charge in [-0.2, -0.15) is 0 Å². The summed E-state index contributed by atoms with van der Waals surface area (Å²) in [5.74, 6) is 1.00. The number of anilines is 2. The van der Waals surface area contributed by atoms with Crippen molar-refractivity contribution in [2.45, 2.75) is 20.0 Å². The maximum atomic E-state index is 12.0. The van der Waals surface area contributed by atoms with Crippen molar-refractivity contribution < 1.29 is 19.1 Å². The molecule has 8 nitrogen and oxygen atoms in total. The highest BCUT2D eigenvalue weighted by Gasteiger charge is 2.13. The normalized spacial score (nSPS) is 10.3. The molecule has 0 atom stereocenters. The SMILES string of the molecule is CC(=O)Oc1cnc(Cc2ccc(NC(=O)OCc3ccccc3)cc2)nc1N(C)C. The van der Waals surface area contributed by atoms with Crippen molar-refractivity contribution in [3.05, 3.63) is 77.7 Å². The van der Waals surface area contributed by atoms with Crippen LogP contribution in [0.1, 0.15) is 23.9 Å². The highest BCUT2D eigenvalue weighted by atomic mass is 16.5. The first-order chi connectivity index (χ1) is 14.9. The molecule has 0 aliphatic heterocycles. The molecule has 0 bridgehead atoms. The Labute approximate surface area is 180 Å². The first-order valence-corrected chi connectivity index (χ1v) is 9.69. The maximum Gasteiger partial charge on any atom is 0.411 e. The van der Waals surface area contributed by atoms with Crippen LogP contribution in [-0.4, -0.2) is 36.1 Å². The number of ether oxygens (including phenoxy) is 2. The molecule has 2 aromatic carbocycles. The van der Waals surface area contributed by atoms with Crippen molar-refractivity contribution in [2.24, 2.45) is 0 Å². The standard InChI is InChI=1S/C23H24N4O4/c1-16(28)31-20-14-24-21(26-22(20)27(2)3)13-17-9-11-19(12-10-17)25-23(29)30-15-18-7-5-4-6-8-18/h4-12,14H,13,15H2,1-3H3,(H,25,29). The average Bonchev–Trinajstić information content (AvgIpc) is 2.75. The second-order valence-corrected chi connectivity index (χ2v) is 7.02. The van der Waals surface area contributed by atoms with Gasteiger partial charge in [-0.05, 0) is 23.3 Å². The van der Waals surface area contributed by atoms with E-state index in [1.807, 2.05) is 56.6 Å². The molecule has 31 heavy (non-hydrogen) atoms. The lowest BCUT2D eigenvalue weighted by atomic mass is 10.1. The Balaban J connectivity index is 1.59. The van der Waals surface area contributed by atoms with Gasteiger partial charge in [0, 0.05) is 33.1 Å². The zero-order valence-corrected chi connectivity index (χ0v) is 17.7. The van der Waals surface area contributed by atoms with Crippen LogP contribution in [0.15, 0.2) is 60.8 Å². The van der Waals surface area contributed by atoms with Gasteiger partial charge in [-0.15, -0.1) is 0 Å². The monoisotopic (exact) mass is 420 g/mol. The first-order valence-electron chi connectivity index (χ1n) is 9.69. The van der Waals surface area contributed by atoms with Gasteiger partial charge in [0.25, 0.3) is 0 Å². The summed E-state index contributed by atoms with van der Waals surface area (Å²) >= 11 is 0. The first kappa shape index (κ1) is 21.8. The molecule has 1 N–H and O–H groups in total. The molecule has 0 fully saturated rings. The number of aromatic nitrogens is 2. The third-order valence-electron chi connectivity index (χ3n) is 4.24. The Kier molecular flexibility index (Phi) is 7.16. The van der Waals surface area contributed by atoms with Crippen LogP contribution in [0.25, 0.3) is 0 Å². The summed E-state index contributed by atoms with van der Waals surface area (Å²) in [6, 6.07) is 16.8. The van der Waals surface area contributed by atoms with Crippen LogP contribution in [0.3, 0.4) is 0 Å². The van der Waals surface area contributed by atoms with E-state index >= 15 is 0 Å². The molecule has 160 valence electrons. The van der Waals surface area contributed by atoms with E-state index in [1.165, 1.54) is 13.1 Å². The second kappa shape index (κ2) is 10.2. The number of rotatable bonds is 7. The molecule has 0 spiro atoms. The van der Waals surface area contributed by atoms with Crippen LogP contribution < -0.4 is 15.0 Å². The number of amides is 1. The number of carbonyl (C=O) groups is 2. The fourth-order valence-corrected chi connectivity index (χ4v) is 2.80. The van der Waals surface area contributed by atoms with Crippen molar-refractivity contribution in [1.29, 1.82) is 0 Å². The minimum Gasteiger partial charge on any atom is -0.444 e. The zero-order valence-electron chi connectivity index (χ0n) is 17.7. The Morgan fingerprint density at radius 1 is 1.00 bits per heavy atom. The summed E-state index contributed by atoms with van der Waals surface area (Å²) < 4.78 is 10.4. The summed E-state index contributed by atoms with van der Waals surface area (Å²) in [7, 11) is 3.63. The van der Waals surface area contributed by atoms with Gasteiger partial charge in [0.2, 0.25) is 0 Å². The summed E-state index contributed by atoms with van der Waals surface area (Å²) in [5, 5.41) is 2.71. The molecule has 1 heterocycles. The van der Waals surface area contributed by atoms with E-state index in [9.17, 15) is 9.59 Å². The maximum absolute atomic E-state index is 12.0. The molecule has 3 aromatic rings. The van der Waals surface area contributed by atoms with Crippen molar-refractivity contribution >= 4 is 23.6 Å². The van der Waals surface area contributed by atoms with E-state index in [1.54, 1.807) is 17.0 Å². The molecule has 1 aromatic heterocycles. The smallest absolute Gasteiger partial charge is 0.411 e. The highest BCUT2D eigenvalue weighted by Crippen LogP contribution is 2.24. The lowest BCUT2D eigenvalue weighted by Crippen LogP contribution is -2.16. The fourth-order valence-electron chi connectivity index (χ4n) is 2.80. The van der Waals surface area contributed by atoms with E-state index in [2.05, 4.69) is 15.3 Å². The summed E-state index contributed by atoms with van der Waals surface area (Å²) in [5.41, 5.74) is 2.51. The molecule has 0 saturated carbocycles. The molecular formula is C23H24N4O4. The predicted molar refractivity (Wildman–Crippen MR) is 117 cm³/mol. The van der Waals surface area contributed by atoms with Gasteiger partial charge in [0.1, 0.15) is 12.4 Å². The van der Waals surface area contributed by atoms with E-state index < -0.39 is 12.1 Å². The quantitative estimate of drug-likeness (QED) is 0.581. The van der Waals surface area contributed by atoms with Crippen LogP contribution in [0.4, 0.5) is 16.3 Å². The van der Waals surface area contributed by atoms with Crippen LogP contribution in [-0.2, 0) is 22.6 Å². The van der Waals surface area contributed by atoms with E-state index in [0.29, 0.717) is 29.5 Å². The Hall–Kier alpha value is -3.94. The predicted octanol–water partition coefficient (Wildman–Crippen LogP) is 3.81. The van der Waals surface area contributed by atoms with Crippen molar-refractivity contribution in [3.63, 3.8) is 0 Å². The lowest BCUT2D eigenvalue weighted by molar-refractivity contribution is -0.131. The lowest BCUT2D eigenvalue weighted by Gasteiger charge is -2.16. The van der Waals surface area contributed by atoms with Gasteiger partial charge in [-0.1, -0.05) is 42.5 Å². The number of benzene rings is 2. The minimum atomic E-state index is -0.517. The topological polar surface area (TPSA) is 93.6 Å². The van der Waals surface area contributed by atoms with Crippen LogP contribution in [0.2, 0.25) is 0 Å². The molecule has 0 aliphatic carbocycles. The third-order valence-corrected chi connectivity index (χ3v) is 4.24. The third kappa shape index (κ3) is 6.53. The number of hydrogen-bond donors (Lipinski definition) is 1. The molecule has 0 radical (unpaired) electrons. The van der Waals surface area contributed by atoms with Crippen LogP contribution in [0.5, 0.6) is 5.75 Å². The van der Waals surface area contributed by atoms with Crippen molar-refractivity contribution in [3.8, 4) is 5.75 Å². The Morgan fingerprint density at radius 3 is 2.35 bits per heavy atom. The Bertz CT molecular complexity index is 1040. The van der Waals surface area contributed by atoms with Gasteiger partial charge in [0.05, 0.1) is 6.20 Å². The molecular weight excluding hydrogens is 396 g/mol.